The van der Waals surface area contributed by atoms with Crippen molar-refractivity contribution in [2.24, 2.45) is 20.2 Å². The highest BCUT2D eigenvalue weighted by Crippen LogP contribution is 2.29. The van der Waals surface area contributed by atoms with Gasteiger partial charge in [-0.1, -0.05) is 48.5 Å². The third kappa shape index (κ3) is 5.78. The molecule has 12 heteroatoms. The first-order chi connectivity index (χ1) is 23.8. The lowest BCUT2D eigenvalue weighted by molar-refractivity contribution is -0.110. The Morgan fingerprint density at radius 1 is 0.673 bits per heavy atom. The molecule has 12 nitrogen and oxygen atoms in total. The first kappa shape index (κ1) is 30.7. The number of hydrazone groups is 2. The molecule has 0 radical (unpaired) electrons. The van der Waals surface area contributed by atoms with Gasteiger partial charge in [0.15, 0.2) is 5.58 Å². The second-order valence-corrected chi connectivity index (χ2v) is 11.0. The summed E-state index contributed by atoms with van der Waals surface area (Å²) in [6, 6.07) is 27.0. The van der Waals surface area contributed by atoms with Gasteiger partial charge in [0.1, 0.15) is 16.9 Å². The molecule has 0 atom stereocenters. The number of nitrogens with zero attached hydrogens (tertiary/aromatic N) is 5. The van der Waals surface area contributed by atoms with Crippen molar-refractivity contribution >= 4 is 69.4 Å². The topological polar surface area (TPSA) is 174 Å². The summed E-state index contributed by atoms with van der Waals surface area (Å²) in [5.74, 6) is -1.23. The molecule has 0 unspecified atom stereocenters. The van der Waals surface area contributed by atoms with E-state index in [9.17, 15) is 19.8 Å². The van der Waals surface area contributed by atoms with Crippen LogP contribution in [0.3, 0.4) is 0 Å². The molecule has 4 aromatic carbocycles. The number of aliphatic imine (C=N–C) groups is 2. The SMILES string of the molecule is CN=C(O)C1=Cc2ccccc2/C(=N\Nc2ccc(-c3nc4ccc(N/N=C5/C(=O)C(C(O)=NC)=Cc6ccccc65)cc4o3)cc2)C1=O. The standard InChI is InChI=1S/C37H27N7O5/c1-38-35(47)27-17-21-7-3-5-9-25(21)31(33(27)45)43-41-23-13-11-20(12-14-23)37-40-29-16-15-24(19-30(29)49-37)42-44-32-26-10-6-4-8-22(26)18-28(34(32)46)36(48)39-2/h3-19,41-42H,1-2H3,(H,38,47)(H,39,48)/b43-31+,44-32+. The Morgan fingerprint density at radius 2 is 1.18 bits per heavy atom. The van der Waals surface area contributed by atoms with Crippen LogP contribution in [0.2, 0.25) is 0 Å². The van der Waals surface area contributed by atoms with Crippen molar-refractivity contribution in [1.82, 2.24) is 4.98 Å². The zero-order valence-corrected chi connectivity index (χ0v) is 26.2. The molecule has 0 aliphatic heterocycles. The summed E-state index contributed by atoms with van der Waals surface area (Å²) < 4.78 is 6.06. The van der Waals surface area contributed by atoms with Crippen LogP contribution in [0.4, 0.5) is 11.4 Å². The highest BCUT2D eigenvalue weighted by Gasteiger charge is 2.30. The number of oxazole rings is 1. The van der Waals surface area contributed by atoms with Crippen molar-refractivity contribution in [3.63, 3.8) is 0 Å². The van der Waals surface area contributed by atoms with E-state index in [1.54, 1.807) is 54.6 Å². The van der Waals surface area contributed by atoms with Gasteiger partial charge in [0.2, 0.25) is 29.3 Å². The number of nitrogens with one attached hydrogen (secondary N) is 2. The van der Waals surface area contributed by atoms with Crippen LogP contribution in [0, 0.1) is 0 Å². The number of fused-ring (bicyclic) bond motifs is 3. The maximum absolute atomic E-state index is 13.2. The van der Waals surface area contributed by atoms with Crippen LogP contribution in [0.15, 0.2) is 127 Å². The average molecular weight is 650 g/mol. The maximum atomic E-state index is 13.2. The van der Waals surface area contributed by atoms with Gasteiger partial charge in [0.05, 0.1) is 22.5 Å². The van der Waals surface area contributed by atoms with Gasteiger partial charge in [0, 0.05) is 36.9 Å². The van der Waals surface area contributed by atoms with E-state index in [0.717, 1.165) is 11.1 Å². The van der Waals surface area contributed by atoms with E-state index in [0.29, 0.717) is 45.1 Å². The van der Waals surface area contributed by atoms with Gasteiger partial charge in [0.25, 0.3) is 0 Å². The minimum atomic E-state index is -0.455. The number of aliphatic hydroxyl groups is 2. The smallest absolute Gasteiger partial charge is 0.227 e. The van der Waals surface area contributed by atoms with E-state index in [4.69, 9.17) is 4.42 Å². The molecule has 0 spiro atoms. The number of hydrogen-bond donors (Lipinski definition) is 4. The molecule has 0 bridgehead atoms. The summed E-state index contributed by atoms with van der Waals surface area (Å²) >= 11 is 0. The van der Waals surface area contributed by atoms with Crippen LogP contribution in [0.1, 0.15) is 22.3 Å². The van der Waals surface area contributed by atoms with E-state index in [2.05, 4.69) is 36.0 Å². The van der Waals surface area contributed by atoms with Crippen LogP contribution in [-0.2, 0) is 9.59 Å². The summed E-state index contributed by atoms with van der Waals surface area (Å²) in [5.41, 5.74) is 12.0. The molecule has 7 rings (SSSR count). The average Bonchev–Trinajstić information content (AvgIpc) is 3.57. The third-order valence-corrected chi connectivity index (χ3v) is 7.97. The number of anilines is 2. The summed E-state index contributed by atoms with van der Waals surface area (Å²) in [6.45, 7) is 0. The second-order valence-electron chi connectivity index (χ2n) is 11.0. The van der Waals surface area contributed by atoms with Gasteiger partial charge in [-0.05, 0) is 59.7 Å². The maximum Gasteiger partial charge on any atom is 0.227 e. The van der Waals surface area contributed by atoms with Crippen LogP contribution in [-0.4, -0.2) is 64.1 Å². The molecule has 0 amide bonds. The number of carbonyl (C=O) groups is 2. The monoisotopic (exact) mass is 649 g/mol. The largest absolute Gasteiger partial charge is 0.493 e. The number of Topliss-reactive ketones (excluding diaryl/α,β-unsaturated/α-hetero) is 2. The van der Waals surface area contributed by atoms with Gasteiger partial charge in [-0.2, -0.15) is 10.2 Å². The molecule has 1 aromatic heterocycles. The summed E-state index contributed by atoms with van der Waals surface area (Å²) in [5, 5.41) is 29.2. The molecule has 1 heterocycles. The fourth-order valence-corrected chi connectivity index (χ4v) is 5.46. The van der Waals surface area contributed by atoms with Crippen LogP contribution >= 0.6 is 0 Å². The lowest BCUT2D eigenvalue weighted by Gasteiger charge is -2.16. The predicted molar refractivity (Wildman–Crippen MR) is 191 cm³/mol. The van der Waals surface area contributed by atoms with E-state index in [1.165, 1.54) is 14.1 Å². The first-order valence-electron chi connectivity index (χ1n) is 15.1. The normalized spacial score (nSPS) is 16.4. The lowest BCUT2D eigenvalue weighted by atomic mass is 9.89. The molecule has 49 heavy (non-hydrogen) atoms. The van der Waals surface area contributed by atoms with Crippen LogP contribution < -0.4 is 10.9 Å². The Balaban J connectivity index is 1.10. The van der Waals surface area contributed by atoms with E-state index in [-0.39, 0.29) is 34.4 Å². The van der Waals surface area contributed by atoms with Gasteiger partial charge in [-0.15, -0.1) is 0 Å². The van der Waals surface area contributed by atoms with Crippen molar-refractivity contribution in [2.75, 3.05) is 24.9 Å². The minimum absolute atomic E-state index is 0.0621. The van der Waals surface area contributed by atoms with Crippen LogP contribution in [0.5, 0.6) is 0 Å². The molecule has 5 aromatic rings. The predicted octanol–water partition coefficient (Wildman–Crippen LogP) is 6.23. The van der Waals surface area contributed by atoms with Crippen molar-refractivity contribution < 1.29 is 24.2 Å². The molecule has 4 N–H and O–H groups in total. The fraction of sp³-hybridized carbons (Fsp3) is 0.0541. The lowest BCUT2D eigenvalue weighted by Crippen LogP contribution is -2.27. The van der Waals surface area contributed by atoms with Gasteiger partial charge < -0.3 is 14.6 Å². The van der Waals surface area contributed by atoms with Crippen molar-refractivity contribution in [1.29, 1.82) is 0 Å². The Bertz CT molecular complexity index is 2360. The zero-order valence-electron chi connectivity index (χ0n) is 26.2. The van der Waals surface area contributed by atoms with Crippen LogP contribution in [0.25, 0.3) is 34.7 Å². The minimum Gasteiger partial charge on any atom is -0.493 e. The van der Waals surface area contributed by atoms with Crippen molar-refractivity contribution in [2.45, 2.75) is 0 Å². The number of carbonyl (C=O) groups excluding carboxylic acids is 2. The summed E-state index contributed by atoms with van der Waals surface area (Å²) in [4.78, 5) is 38.5. The summed E-state index contributed by atoms with van der Waals surface area (Å²) in [6.07, 6.45) is 3.19. The number of aliphatic hydroxyl groups excluding tert-OH is 2. The Morgan fingerprint density at radius 3 is 1.73 bits per heavy atom. The first-order valence-corrected chi connectivity index (χ1v) is 15.1. The van der Waals surface area contributed by atoms with Crippen molar-refractivity contribution in [3.05, 3.63) is 124 Å². The molecule has 2 aliphatic carbocycles. The Labute approximate surface area is 279 Å². The highest BCUT2D eigenvalue weighted by atomic mass is 16.3. The molecular formula is C37H27N7O5. The highest BCUT2D eigenvalue weighted by molar-refractivity contribution is 6.59. The van der Waals surface area contributed by atoms with E-state index in [1.807, 2.05) is 48.5 Å². The van der Waals surface area contributed by atoms with E-state index >= 15 is 0 Å². The second kappa shape index (κ2) is 12.7. The number of benzene rings is 4. The molecular weight excluding hydrogens is 622 g/mol. The molecule has 0 saturated heterocycles. The third-order valence-electron chi connectivity index (χ3n) is 7.97. The number of rotatable bonds is 7. The van der Waals surface area contributed by atoms with Gasteiger partial charge in [-0.25, -0.2) is 4.98 Å². The van der Waals surface area contributed by atoms with Gasteiger partial charge >= 0.3 is 0 Å². The quantitative estimate of drug-likeness (QED) is 0.0912. The summed E-state index contributed by atoms with van der Waals surface area (Å²) in [7, 11) is 2.82. The number of ketones is 2. The number of aromatic nitrogens is 1. The van der Waals surface area contributed by atoms with Crippen molar-refractivity contribution in [3.8, 4) is 11.5 Å². The van der Waals surface area contributed by atoms with E-state index < -0.39 is 11.6 Å². The molecule has 240 valence electrons. The zero-order chi connectivity index (χ0) is 34.1. The molecule has 0 fully saturated rings. The fourth-order valence-electron chi connectivity index (χ4n) is 5.46. The Hall–Kier alpha value is -6.95. The number of hydrogen-bond acceptors (Lipinski definition) is 10. The van der Waals surface area contributed by atoms with Gasteiger partial charge in [-0.3, -0.25) is 30.4 Å². The molecule has 2 aliphatic rings. The Kier molecular flexibility index (Phi) is 7.94. The molecule has 0 saturated carbocycles.